The van der Waals surface area contributed by atoms with E-state index in [0.29, 0.717) is 5.56 Å². The summed E-state index contributed by atoms with van der Waals surface area (Å²) in [5.41, 5.74) is 2.75. The van der Waals surface area contributed by atoms with Crippen molar-refractivity contribution in [2.45, 2.75) is 19.9 Å². The third-order valence-corrected chi connectivity index (χ3v) is 3.52. The first-order valence-corrected chi connectivity index (χ1v) is 6.78. The number of aromatic hydroxyl groups is 1. The lowest BCUT2D eigenvalue weighted by Crippen LogP contribution is -2.08. The number of aryl methyl sites for hydroxylation is 1. The van der Waals surface area contributed by atoms with E-state index in [1.807, 2.05) is 32.0 Å². The SMILES string of the molecule is Cc1ccc(Br)cc1NC(C)c1ccc(F)cc1O. The number of benzene rings is 2. The van der Waals surface area contributed by atoms with Crippen LogP contribution < -0.4 is 5.32 Å². The van der Waals surface area contributed by atoms with Crippen molar-refractivity contribution >= 4 is 21.6 Å². The number of halogens is 2. The van der Waals surface area contributed by atoms with E-state index >= 15 is 0 Å². The van der Waals surface area contributed by atoms with E-state index in [0.717, 1.165) is 21.8 Å². The van der Waals surface area contributed by atoms with E-state index in [1.165, 1.54) is 6.07 Å². The van der Waals surface area contributed by atoms with E-state index in [9.17, 15) is 9.50 Å². The number of hydrogen-bond acceptors (Lipinski definition) is 2. The summed E-state index contributed by atoms with van der Waals surface area (Å²) >= 11 is 3.43. The molecule has 0 amide bonds. The van der Waals surface area contributed by atoms with Gasteiger partial charge in [0.1, 0.15) is 11.6 Å². The Morgan fingerprint density at radius 1 is 1.21 bits per heavy atom. The van der Waals surface area contributed by atoms with Crippen molar-refractivity contribution in [1.29, 1.82) is 0 Å². The lowest BCUT2D eigenvalue weighted by molar-refractivity contribution is 0.459. The maximum atomic E-state index is 13.0. The Morgan fingerprint density at radius 2 is 1.95 bits per heavy atom. The number of rotatable bonds is 3. The molecule has 0 heterocycles. The molecule has 100 valence electrons. The molecule has 0 saturated heterocycles. The maximum Gasteiger partial charge on any atom is 0.126 e. The van der Waals surface area contributed by atoms with Gasteiger partial charge in [0, 0.05) is 21.8 Å². The second kappa shape index (κ2) is 5.61. The summed E-state index contributed by atoms with van der Waals surface area (Å²) in [5, 5.41) is 13.1. The lowest BCUT2D eigenvalue weighted by Gasteiger charge is -2.18. The van der Waals surface area contributed by atoms with E-state index < -0.39 is 5.82 Å². The van der Waals surface area contributed by atoms with Gasteiger partial charge in [-0.05, 0) is 37.6 Å². The van der Waals surface area contributed by atoms with Crippen LogP contribution in [-0.2, 0) is 0 Å². The summed E-state index contributed by atoms with van der Waals surface area (Å²) in [6.45, 7) is 3.93. The molecule has 0 saturated carbocycles. The predicted octanol–water partition coefficient (Wildman–Crippen LogP) is 4.78. The number of anilines is 1. The van der Waals surface area contributed by atoms with Gasteiger partial charge >= 0.3 is 0 Å². The number of phenolic OH excluding ortho intramolecular Hbond substituents is 1. The lowest BCUT2D eigenvalue weighted by atomic mass is 10.1. The molecule has 0 aromatic heterocycles. The van der Waals surface area contributed by atoms with Crippen molar-refractivity contribution in [2.75, 3.05) is 5.32 Å². The Bertz CT molecular complexity index is 601. The van der Waals surface area contributed by atoms with Crippen LogP contribution in [0.1, 0.15) is 24.1 Å². The Hall–Kier alpha value is -1.55. The Kier molecular flexibility index (Phi) is 4.10. The van der Waals surface area contributed by atoms with Gasteiger partial charge in [-0.15, -0.1) is 0 Å². The van der Waals surface area contributed by atoms with Crippen molar-refractivity contribution in [3.8, 4) is 5.75 Å². The summed E-state index contributed by atoms with van der Waals surface area (Å²) in [6, 6.07) is 9.91. The van der Waals surface area contributed by atoms with Gasteiger partial charge in [-0.1, -0.05) is 28.1 Å². The van der Waals surface area contributed by atoms with Gasteiger partial charge in [-0.2, -0.15) is 0 Å². The Labute approximate surface area is 120 Å². The topological polar surface area (TPSA) is 32.3 Å². The summed E-state index contributed by atoms with van der Waals surface area (Å²) in [4.78, 5) is 0. The van der Waals surface area contributed by atoms with Crippen LogP contribution in [0.15, 0.2) is 40.9 Å². The first kappa shape index (κ1) is 13.9. The molecule has 0 fully saturated rings. The molecule has 0 bridgehead atoms. The standard InChI is InChI=1S/C15H15BrFNO/c1-9-3-4-11(16)7-14(9)18-10(2)13-6-5-12(17)8-15(13)19/h3-8,10,18-19H,1-2H3. The summed E-state index contributed by atoms with van der Waals surface area (Å²) < 4.78 is 14.0. The fourth-order valence-electron chi connectivity index (χ4n) is 1.94. The highest BCUT2D eigenvalue weighted by atomic mass is 79.9. The van der Waals surface area contributed by atoms with E-state index in [-0.39, 0.29) is 11.8 Å². The smallest absolute Gasteiger partial charge is 0.126 e. The van der Waals surface area contributed by atoms with Gasteiger partial charge in [0.05, 0.1) is 6.04 Å². The normalized spacial score (nSPS) is 12.2. The minimum absolute atomic E-state index is 0.0346. The summed E-state index contributed by atoms with van der Waals surface area (Å²) in [5.74, 6) is -0.472. The Morgan fingerprint density at radius 3 is 2.63 bits per heavy atom. The van der Waals surface area contributed by atoms with Crippen LogP contribution >= 0.6 is 15.9 Å². The van der Waals surface area contributed by atoms with Crippen LogP contribution in [0.3, 0.4) is 0 Å². The zero-order valence-corrected chi connectivity index (χ0v) is 12.3. The monoisotopic (exact) mass is 323 g/mol. The van der Waals surface area contributed by atoms with Gasteiger partial charge in [0.15, 0.2) is 0 Å². The average molecular weight is 324 g/mol. The summed E-state index contributed by atoms with van der Waals surface area (Å²) in [7, 11) is 0. The molecular weight excluding hydrogens is 309 g/mol. The van der Waals surface area contributed by atoms with Gasteiger partial charge in [0.25, 0.3) is 0 Å². The second-order valence-corrected chi connectivity index (χ2v) is 5.44. The zero-order chi connectivity index (χ0) is 14.0. The molecule has 0 radical (unpaired) electrons. The minimum atomic E-state index is -0.438. The molecule has 2 rings (SSSR count). The van der Waals surface area contributed by atoms with Crippen LogP contribution in [0.25, 0.3) is 0 Å². The zero-order valence-electron chi connectivity index (χ0n) is 10.7. The van der Waals surface area contributed by atoms with Crippen molar-refractivity contribution in [1.82, 2.24) is 0 Å². The van der Waals surface area contributed by atoms with Crippen molar-refractivity contribution in [3.05, 3.63) is 57.8 Å². The molecule has 0 aliphatic rings. The fourth-order valence-corrected chi connectivity index (χ4v) is 2.30. The third kappa shape index (κ3) is 3.26. The van der Waals surface area contributed by atoms with Crippen LogP contribution in [0.5, 0.6) is 5.75 Å². The quantitative estimate of drug-likeness (QED) is 0.852. The number of hydrogen-bond donors (Lipinski definition) is 2. The molecule has 4 heteroatoms. The van der Waals surface area contributed by atoms with Crippen LogP contribution in [0.4, 0.5) is 10.1 Å². The molecule has 2 aromatic rings. The van der Waals surface area contributed by atoms with Crippen LogP contribution in [-0.4, -0.2) is 5.11 Å². The maximum absolute atomic E-state index is 13.0. The predicted molar refractivity (Wildman–Crippen MR) is 79.0 cm³/mol. The molecule has 1 unspecified atom stereocenters. The molecule has 2 nitrogen and oxygen atoms in total. The number of phenols is 1. The molecule has 19 heavy (non-hydrogen) atoms. The molecular formula is C15H15BrFNO. The molecule has 2 N–H and O–H groups in total. The molecule has 0 aliphatic heterocycles. The molecule has 0 spiro atoms. The molecule has 0 aliphatic carbocycles. The first-order chi connectivity index (χ1) is 8.97. The van der Waals surface area contributed by atoms with Crippen LogP contribution in [0, 0.1) is 12.7 Å². The van der Waals surface area contributed by atoms with Gasteiger partial charge in [-0.3, -0.25) is 0 Å². The first-order valence-electron chi connectivity index (χ1n) is 5.98. The number of nitrogens with one attached hydrogen (secondary N) is 1. The van der Waals surface area contributed by atoms with Crippen LogP contribution in [0.2, 0.25) is 0 Å². The molecule has 1 atom stereocenters. The van der Waals surface area contributed by atoms with Crippen molar-refractivity contribution < 1.29 is 9.50 Å². The highest BCUT2D eigenvalue weighted by molar-refractivity contribution is 9.10. The van der Waals surface area contributed by atoms with E-state index in [2.05, 4.69) is 21.2 Å². The highest BCUT2D eigenvalue weighted by Crippen LogP contribution is 2.29. The summed E-state index contributed by atoms with van der Waals surface area (Å²) in [6.07, 6.45) is 0. The van der Waals surface area contributed by atoms with Crippen molar-refractivity contribution in [2.24, 2.45) is 0 Å². The minimum Gasteiger partial charge on any atom is -0.507 e. The highest BCUT2D eigenvalue weighted by Gasteiger charge is 2.12. The van der Waals surface area contributed by atoms with Gasteiger partial charge in [0.2, 0.25) is 0 Å². The second-order valence-electron chi connectivity index (χ2n) is 4.53. The van der Waals surface area contributed by atoms with Gasteiger partial charge in [-0.25, -0.2) is 4.39 Å². The van der Waals surface area contributed by atoms with Gasteiger partial charge < -0.3 is 10.4 Å². The average Bonchev–Trinajstić information content (AvgIpc) is 2.33. The van der Waals surface area contributed by atoms with Crippen molar-refractivity contribution in [3.63, 3.8) is 0 Å². The largest absolute Gasteiger partial charge is 0.507 e. The third-order valence-electron chi connectivity index (χ3n) is 3.03. The Balaban J connectivity index is 2.25. The van der Waals surface area contributed by atoms with E-state index in [4.69, 9.17) is 0 Å². The van der Waals surface area contributed by atoms with E-state index in [1.54, 1.807) is 6.07 Å². The molecule has 2 aromatic carbocycles. The fraction of sp³-hybridized carbons (Fsp3) is 0.200.